The van der Waals surface area contributed by atoms with E-state index in [1.807, 2.05) is 0 Å². The molecule has 80 valence electrons. The summed E-state index contributed by atoms with van der Waals surface area (Å²) in [5.41, 5.74) is 5.68. The van der Waals surface area contributed by atoms with Gasteiger partial charge in [-0.3, -0.25) is 9.78 Å². The van der Waals surface area contributed by atoms with Crippen molar-refractivity contribution in [2.45, 2.75) is 6.04 Å². The molecular formula is C10H12N2O3. The van der Waals surface area contributed by atoms with Gasteiger partial charge in [-0.2, -0.15) is 0 Å². The molecule has 1 atom stereocenters. The molecule has 0 saturated carbocycles. The number of nitrogens with zero attached hydrogens (tertiary/aromatic N) is 1. The highest BCUT2D eigenvalue weighted by Gasteiger charge is 2.51. The van der Waals surface area contributed by atoms with Crippen molar-refractivity contribution < 1.29 is 14.6 Å². The number of nitrogens with two attached hydrogens (primary N) is 1. The van der Waals surface area contributed by atoms with E-state index in [0.29, 0.717) is 0 Å². The molecule has 0 spiro atoms. The van der Waals surface area contributed by atoms with E-state index in [2.05, 4.69) is 4.98 Å². The van der Waals surface area contributed by atoms with Gasteiger partial charge in [-0.25, -0.2) is 0 Å². The van der Waals surface area contributed by atoms with Gasteiger partial charge in [0.05, 0.1) is 19.3 Å². The molecule has 1 unspecified atom stereocenters. The fourth-order valence-corrected chi connectivity index (χ4v) is 1.64. The van der Waals surface area contributed by atoms with Gasteiger partial charge in [0, 0.05) is 12.4 Å². The molecule has 2 rings (SSSR count). The van der Waals surface area contributed by atoms with E-state index in [1.54, 1.807) is 24.5 Å². The van der Waals surface area contributed by atoms with Gasteiger partial charge >= 0.3 is 5.97 Å². The first kappa shape index (κ1) is 10.1. The fourth-order valence-electron chi connectivity index (χ4n) is 1.64. The number of ether oxygens (including phenoxy) is 1. The third kappa shape index (κ3) is 1.49. The Balaban J connectivity index is 2.27. The van der Waals surface area contributed by atoms with Crippen LogP contribution in [0.25, 0.3) is 0 Å². The lowest BCUT2D eigenvalue weighted by atomic mass is 9.76. The fraction of sp³-hybridized carbons (Fsp3) is 0.400. The third-order valence-electron chi connectivity index (χ3n) is 2.78. The van der Waals surface area contributed by atoms with Crippen LogP contribution in [0.4, 0.5) is 0 Å². The zero-order chi connectivity index (χ0) is 10.9. The minimum Gasteiger partial charge on any atom is -0.481 e. The maximum atomic E-state index is 11.1. The van der Waals surface area contributed by atoms with Gasteiger partial charge in [0.15, 0.2) is 0 Å². The summed E-state index contributed by atoms with van der Waals surface area (Å²) in [5.74, 6) is -0.912. The number of hydrogen-bond donors (Lipinski definition) is 2. The predicted octanol–water partition coefficient (Wildman–Crippen LogP) is 0.183. The van der Waals surface area contributed by atoms with E-state index in [1.165, 1.54) is 0 Å². The molecule has 5 heteroatoms. The maximum Gasteiger partial charge on any atom is 0.316 e. The van der Waals surface area contributed by atoms with E-state index in [0.717, 1.165) is 5.56 Å². The Morgan fingerprint density at radius 3 is 2.80 bits per heavy atom. The zero-order valence-electron chi connectivity index (χ0n) is 8.09. The van der Waals surface area contributed by atoms with Gasteiger partial charge in [-0.1, -0.05) is 6.07 Å². The largest absolute Gasteiger partial charge is 0.481 e. The standard InChI is InChI=1S/C10H12N2O3/c11-8(7-2-1-3-12-4-7)10(9(13)14)5-15-6-10/h1-4,8H,5-6,11H2,(H,13,14). The van der Waals surface area contributed by atoms with Crippen molar-refractivity contribution in [1.29, 1.82) is 0 Å². The second-order valence-corrected chi connectivity index (χ2v) is 3.72. The molecular weight excluding hydrogens is 196 g/mol. The molecule has 0 aromatic carbocycles. The Hall–Kier alpha value is -1.46. The number of carboxylic acids is 1. The monoisotopic (exact) mass is 208 g/mol. The first-order valence-electron chi connectivity index (χ1n) is 4.63. The number of aromatic nitrogens is 1. The molecule has 5 nitrogen and oxygen atoms in total. The summed E-state index contributed by atoms with van der Waals surface area (Å²) >= 11 is 0. The molecule has 15 heavy (non-hydrogen) atoms. The number of aliphatic carboxylic acids is 1. The highest BCUT2D eigenvalue weighted by molar-refractivity contribution is 5.77. The van der Waals surface area contributed by atoms with E-state index in [-0.39, 0.29) is 13.2 Å². The summed E-state index contributed by atoms with van der Waals surface area (Å²) in [6.45, 7) is 0.330. The number of rotatable bonds is 3. The van der Waals surface area contributed by atoms with Crippen LogP contribution in [-0.4, -0.2) is 29.3 Å². The van der Waals surface area contributed by atoms with E-state index in [9.17, 15) is 4.79 Å². The van der Waals surface area contributed by atoms with Crippen molar-refractivity contribution in [2.75, 3.05) is 13.2 Å². The number of hydrogen-bond acceptors (Lipinski definition) is 4. The van der Waals surface area contributed by atoms with Crippen molar-refractivity contribution in [2.24, 2.45) is 11.1 Å². The first-order chi connectivity index (χ1) is 7.17. The Labute approximate surface area is 86.9 Å². The van der Waals surface area contributed by atoms with Gasteiger partial charge in [0.1, 0.15) is 5.41 Å². The predicted molar refractivity (Wildman–Crippen MR) is 52.1 cm³/mol. The van der Waals surface area contributed by atoms with Crippen LogP contribution in [0.15, 0.2) is 24.5 Å². The number of carboxylic acid groups (broad SMARTS) is 1. The van der Waals surface area contributed by atoms with Gasteiger partial charge in [0.25, 0.3) is 0 Å². The molecule has 1 fully saturated rings. The summed E-state index contributed by atoms with van der Waals surface area (Å²) in [4.78, 5) is 15.1. The van der Waals surface area contributed by atoms with Crippen molar-refractivity contribution in [3.63, 3.8) is 0 Å². The topological polar surface area (TPSA) is 85.4 Å². The Morgan fingerprint density at radius 1 is 1.67 bits per heavy atom. The van der Waals surface area contributed by atoms with Crippen LogP contribution in [0.3, 0.4) is 0 Å². The molecule has 0 aliphatic carbocycles. The average Bonchev–Trinajstić information content (AvgIpc) is 2.16. The van der Waals surface area contributed by atoms with Gasteiger partial charge in [-0.05, 0) is 11.6 Å². The summed E-state index contributed by atoms with van der Waals surface area (Å²) in [7, 11) is 0. The molecule has 0 radical (unpaired) electrons. The molecule has 1 aliphatic rings. The van der Waals surface area contributed by atoms with E-state index >= 15 is 0 Å². The normalized spacial score (nSPS) is 20.3. The van der Waals surface area contributed by atoms with E-state index in [4.69, 9.17) is 15.6 Å². The lowest BCUT2D eigenvalue weighted by Gasteiger charge is -2.41. The zero-order valence-corrected chi connectivity index (χ0v) is 8.09. The van der Waals surface area contributed by atoms with Crippen LogP contribution >= 0.6 is 0 Å². The first-order valence-corrected chi connectivity index (χ1v) is 4.63. The minimum absolute atomic E-state index is 0.165. The SMILES string of the molecule is NC(c1cccnc1)C1(C(=O)O)COC1. The highest BCUT2D eigenvalue weighted by Crippen LogP contribution is 2.38. The number of pyridine rings is 1. The summed E-state index contributed by atoms with van der Waals surface area (Å²) in [6, 6.07) is 2.95. The number of carbonyl (C=O) groups is 1. The summed E-state index contributed by atoms with van der Waals surface area (Å²) < 4.78 is 4.96. The van der Waals surface area contributed by atoms with Crippen LogP contribution in [0.5, 0.6) is 0 Å². The molecule has 2 heterocycles. The Kier molecular flexibility index (Phi) is 2.42. The van der Waals surface area contributed by atoms with Crippen molar-refractivity contribution in [3.05, 3.63) is 30.1 Å². The molecule has 3 N–H and O–H groups in total. The Morgan fingerprint density at radius 2 is 2.40 bits per heavy atom. The van der Waals surface area contributed by atoms with Crippen LogP contribution in [0.1, 0.15) is 11.6 Å². The lowest BCUT2D eigenvalue weighted by molar-refractivity contribution is -0.184. The smallest absolute Gasteiger partial charge is 0.316 e. The molecule has 0 bridgehead atoms. The molecule has 0 amide bonds. The van der Waals surface area contributed by atoms with Gasteiger partial charge < -0.3 is 15.6 Å². The second kappa shape index (κ2) is 3.60. The quantitative estimate of drug-likeness (QED) is 0.740. The molecule has 1 aromatic rings. The molecule has 1 saturated heterocycles. The molecule has 1 aliphatic heterocycles. The van der Waals surface area contributed by atoms with Gasteiger partial charge in [0.2, 0.25) is 0 Å². The second-order valence-electron chi connectivity index (χ2n) is 3.72. The van der Waals surface area contributed by atoms with Crippen molar-refractivity contribution in [3.8, 4) is 0 Å². The van der Waals surface area contributed by atoms with Crippen LogP contribution < -0.4 is 5.73 Å². The average molecular weight is 208 g/mol. The minimum atomic E-state index is -0.983. The Bertz CT molecular complexity index is 362. The van der Waals surface area contributed by atoms with Crippen LogP contribution in [0, 0.1) is 5.41 Å². The summed E-state index contributed by atoms with van der Waals surface area (Å²) in [6.07, 6.45) is 3.22. The maximum absolute atomic E-state index is 11.1. The lowest BCUT2D eigenvalue weighted by Crippen LogP contribution is -2.55. The van der Waals surface area contributed by atoms with Crippen molar-refractivity contribution >= 4 is 5.97 Å². The molecule has 1 aromatic heterocycles. The highest BCUT2D eigenvalue weighted by atomic mass is 16.5. The van der Waals surface area contributed by atoms with E-state index < -0.39 is 17.4 Å². The van der Waals surface area contributed by atoms with Crippen LogP contribution in [-0.2, 0) is 9.53 Å². The third-order valence-corrected chi connectivity index (χ3v) is 2.78. The summed E-state index contributed by atoms with van der Waals surface area (Å²) in [5, 5.41) is 9.14. The van der Waals surface area contributed by atoms with Gasteiger partial charge in [-0.15, -0.1) is 0 Å². The van der Waals surface area contributed by atoms with Crippen molar-refractivity contribution in [1.82, 2.24) is 4.98 Å². The van der Waals surface area contributed by atoms with Crippen LogP contribution in [0.2, 0.25) is 0 Å².